The van der Waals surface area contributed by atoms with Crippen LogP contribution in [0, 0.1) is 22.7 Å². The lowest BCUT2D eigenvalue weighted by Crippen LogP contribution is -2.65. The van der Waals surface area contributed by atoms with Crippen LogP contribution in [0.1, 0.15) is 65.2 Å². The van der Waals surface area contributed by atoms with E-state index in [2.05, 4.69) is 13.8 Å². The summed E-state index contributed by atoms with van der Waals surface area (Å²) in [6.45, 7) is 4.30. The van der Waals surface area contributed by atoms with Gasteiger partial charge in [-0.1, -0.05) is 61.5 Å². The molecule has 3 saturated carbocycles. The molecule has 7 heteroatoms. The molecule has 0 bridgehead atoms. The van der Waals surface area contributed by atoms with Crippen molar-refractivity contribution in [3.8, 4) is 0 Å². The van der Waals surface area contributed by atoms with Gasteiger partial charge >= 0.3 is 5.97 Å². The number of hydrogen-bond acceptors (Lipinski definition) is 3. The summed E-state index contributed by atoms with van der Waals surface area (Å²) < 4.78 is 5.87. The number of hydrogen-bond donors (Lipinski definition) is 0. The Labute approximate surface area is 204 Å². The second kappa shape index (κ2) is 8.53. The topological polar surface area (TPSA) is 43.4 Å². The number of fused-ring (bicyclic) bond motifs is 5. The van der Waals surface area contributed by atoms with Crippen molar-refractivity contribution >= 4 is 58.2 Å². The Morgan fingerprint density at radius 2 is 2.00 bits per heavy atom. The first-order valence-corrected chi connectivity index (χ1v) is 13.0. The molecule has 7 atom stereocenters. The third kappa shape index (κ3) is 3.52. The van der Waals surface area contributed by atoms with Crippen LogP contribution in [0.3, 0.4) is 0 Å². The summed E-state index contributed by atoms with van der Waals surface area (Å²) >= 11 is 26.4. The first-order valence-electron chi connectivity index (χ1n) is 11.4. The van der Waals surface area contributed by atoms with Gasteiger partial charge in [-0.2, -0.15) is 0 Å². The molecule has 3 fully saturated rings. The monoisotopic (exact) mass is 506 g/mol. The summed E-state index contributed by atoms with van der Waals surface area (Å²) in [6, 6.07) is 0. The summed E-state index contributed by atoms with van der Waals surface area (Å²) in [5.41, 5.74) is 0.419. The summed E-state index contributed by atoms with van der Waals surface area (Å²) in [5.74, 6) is -0.0742. The lowest BCUT2D eigenvalue weighted by molar-refractivity contribution is -0.158. The Hall–Kier alpha value is -0.220. The average molecular weight is 508 g/mol. The van der Waals surface area contributed by atoms with Crippen LogP contribution in [0.15, 0.2) is 23.8 Å². The van der Waals surface area contributed by atoms with Crippen molar-refractivity contribution in [3.05, 3.63) is 23.8 Å². The van der Waals surface area contributed by atoms with Crippen molar-refractivity contribution in [1.82, 2.24) is 0 Å². The van der Waals surface area contributed by atoms with E-state index in [-0.39, 0.29) is 28.6 Å². The van der Waals surface area contributed by atoms with Gasteiger partial charge in [0.05, 0.1) is 10.3 Å². The number of carbonyl (C=O) groups is 2. The molecule has 0 amide bonds. The van der Waals surface area contributed by atoms with E-state index in [1.54, 1.807) is 12.2 Å². The van der Waals surface area contributed by atoms with E-state index in [1.807, 2.05) is 6.08 Å². The van der Waals surface area contributed by atoms with Gasteiger partial charge in [0.1, 0.15) is 6.10 Å². The second-order valence-electron chi connectivity index (χ2n) is 9.94. The first kappa shape index (κ1) is 23.9. The standard InChI is InChI=1S/C24H30Cl4O3/c1-3-4-10-23-13-18(25)24(28)17(6-5-14-12-15(29)9-11-22(14,24)2)16(23)7-8-19(23)31-21(30)20(26)27/h9,11-12,16-20H,3-8,10,13H2,1-2H3/t16-,17-,18-,19+,22-,23-,24-/m0/s1. The largest absolute Gasteiger partial charge is 0.460 e. The number of ether oxygens (including phenoxy) is 1. The Morgan fingerprint density at radius 3 is 2.68 bits per heavy atom. The molecule has 4 rings (SSSR count). The van der Waals surface area contributed by atoms with E-state index >= 15 is 0 Å². The summed E-state index contributed by atoms with van der Waals surface area (Å²) in [7, 11) is 0. The third-order valence-electron chi connectivity index (χ3n) is 8.68. The molecule has 3 nitrogen and oxygen atoms in total. The van der Waals surface area contributed by atoms with Crippen molar-refractivity contribution in [1.29, 1.82) is 0 Å². The molecule has 4 aliphatic rings. The first-order chi connectivity index (χ1) is 14.6. The fraction of sp³-hybridized carbons (Fsp3) is 0.750. The predicted octanol–water partition coefficient (Wildman–Crippen LogP) is 6.76. The van der Waals surface area contributed by atoms with Crippen molar-refractivity contribution in [2.45, 2.75) is 86.4 Å². The Balaban J connectivity index is 1.74. The molecule has 0 N–H and O–H groups in total. The highest BCUT2D eigenvalue weighted by atomic mass is 35.5. The van der Waals surface area contributed by atoms with Gasteiger partial charge in [0.15, 0.2) is 5.78 Å². The minimum Gasteiger partial charge on any atom is -0.460 e. The zero-order chi connectivity index (χ0) is 22.6. The molecule has 0 saturated heterocycles. The molecule has 0 aromatic heterocycles. The van der Waals surface area contributed by atoms with Crippen LogP contribution in [0.5, 0.6) is 0 Å². The van der Waals surface area contributed by atoms with Gasteiger partial charge in [-0.3, -0.25) is 4.79 Å². The van der Waals surface area contributed by atoms with Crippen molar-refractivity contribution in [3.63, 3.8) is 0 Å². The molecule has 0 aromatic carbocycles. The van der Waals surface area contributed by atoms with E-state index in [9.17, 15) is 9.59 Å². The molecule has 4 aliphatic carbocycles. The Kier molecular flexibility index (Phi) is 6.58. The van der Waals surface area contributed by atoms with E-state index in [0.717, 1.165) is 50.5 Å². The van der Waals surface area contributed by atoms with Gasteiger partial charge in [-0.25, -0.2) is 4.79 Å². The lowest BCUT2D eigenvalue weighted by Gasteiger charge is -2.63. The number of halogens is 4. The smallest absolute Gasteiger partial charge is 0.339 e. The lowest BCUT2D eigenvalue weighted by atomic mass is 9.46. The van der Waals surface area contributed by atoms with Gasteiger partial charge in [-0.15, -0.1) is 23.2 Å². The average Bonchev–Trinajstić information content (AvgIpc) is 3.06. The number of alkyl halides is 4. The van der Waals surface area contributed by atoms with Crippen LogP contribution in [0.4, 0.5) is 0 Å². The zero-order valence-corrected chi connectivity index (χ0v) is 21.0. The molecule has 0 aliphatic heterocycles. The molecule has 172 valence electrons. The highest BCUT2D eigenvalue weighted by Crippen LogP contribution is 2.70. The highest BCUT2D eigenvalue weighted by molar-refractivity contribution is 6.52. The maximum atomic E-state index is 12.3. The predicted molar refractivity (Wildman–Crippen MR) is 126 cm³/mol. The van der Waals surface area contributed by atoms with Crippen LogP contribution < -0.4 is 0 Å². The summed E-state index contributed by atoms with van der Waals surface area (Å²) in [5, 5.41) is -0.319. The number of rotatable bonds is 5. The molecule has 31 heavy (non-hydrogen) atoms. The van der Waals surface area contributed by atoms with E-state index in [1.165, 1.54) is 0 Å². The quantitative estimate of drug-likeness (QED) is 0.305. The molecular formula is C24H30Cl4O3. The molecule has 0 radical (unpaired) electrons. The van der Waals surface area contributed by atoms with E-state index < -0.39 is 21.1 Å². The van der Waals surface area contributed by atoms with Crippen molar-refractivity contribution in [2.24, 2.45) is 22.7 Å². The Bertz CT molecular complexity index is 824. The minimum atomic E-state index is -1.18. The molecular weight excluding hydrogens is 478 g/mol. The fourth-order valence-corrected chi connectivity index (χ4v) is 8.52. The van der Waals surface area contributed by atoms with Gasteiger partial charge in [0.25, 0.3) is 0 Å². The van der Waals surface area contributed by atoms with Gasteiger partial charge in [0.2, 0.25) is 4.84 Å². The molecule has 0 unspecified atom stereocenters. The maximum Gasteiger partial charge on any atom is 0.339 e. The van der Waals surface area contributed by atoms with Gasteiger partial charge in [0, 0.05) is 10.8 Å². The fourth-order valence-electron chi connectivity index (χ4n) is 7.22. The summed E-state index contributed by atoms with van der Waals surface area (Å²) in [6.07, 6.45) is 12.3. The summed E-state index contributed by atoms with van der Waals surface area (Å²) in [4.78, 5) is 22.5. The number of ketones is 1. The second-order valence-corrected chi connectivity index (χ2v) is 12.2. The minimum absolute atomic E-state index is 0.0231. The van der Waals surface area contributed by atoms with Crippen LogP contribution in [-0.2, 0) is 14.3 Å². The zero-order valence-electron chi connectivity index (χ0n) is 18.0. The Morgan fingerprint density at radius 1 is 1.26 bits per heavy atom. The normalized spacial score (nSPS) is 43.8. The van der Waals surface area contributed by atoms with Gasteiger partial charge in [-0.05, 0) is 62.5 Å². The van der Waals surface area contributed by atoms with Crippen LogP contribution >= 0.6 is 46.4 Å². The van der Waals surface area contributed by atoms with Crippen molar-refractivity contribution < 1.29 is 14.3 Å². The van der Waals surface area contributed by atoms with Crippen molar-refractivity contribution in [2.75, 3.05) is 0 Å². The van der Waals surface area contributed by atoms with Crippen LogP contribution in [0.2, 0.25) is 0 Å². The highest BCUT2D eigenvalue weighted by Gasteiger charge is 2.70. The van der Waals surface area contributed by atoms with Gasteiger partial charge < -0.3 is 4.74 Å². The third-order valence-corrected chi connectivity index (χ3v) is 10.6. The number of esters is 1. The maximum absolute atomic E-state index is 12.3. The van der Waals surface area contributed by atoms with Crippen LogP contribution in [0.25, 0.3) is 0 Å². The van der Waals surface area contributed by atoms with E-state index in [0.29, 0.717) is 12.3 Å². The molecule has 0 heterocycles. The molecule has 0 spiro atoms. The van der Waals surface area contributed by atoms with Crippen LogP contribution in [-0.4, -0.2) is 32.9 Å². The number of carbonyl (C=O) groups excluding carboxylic acids is 2. The number of unbranched alkanes of at least 4 members (excludes halogenated alkanes) is 1. The SMILES string of the molecule is CCCC[C@]12C[C@H](Cl)[C@@]3(Cl)[C@@H](CCC4=CC(=O)C=C[C@@]43C)[C@@H]1CC[C@H]2OC(=O)C(Cl)Cl. The molecule has 0 aromatic rings. The van der Waals surface area contributed by atoms with E-state index in [4.69, 9.17) is 51.1 Å². The number of allylic oxidation sites excluding steroid dienone is 4.